The second kappa shape index (κ2) is 6.52. The van der Waals surface area contributed by atoms with Crippen LogP contribution in [0.15, 0.2) is 29.0 Å². The second-order valence-electron chi connectivity index (χ2n) is 5.66. The van der Waals surface area contributed by atoms with Crippen molar-refractivity contribution in [2.45, 2.75) is 32.7 Å². The van der Waals surface area contributed by atoms with Crippen molar-refractivity contribution in [3.05, 3.63) is 44.4 Å². The van der Waals surface area contributed by atoms with Crippen LogP contribution >= 0.6 is 22.7 Å². The Labute approximate surface area is 142 Å². The Kier molecular flexibility index (Phi) is 4.26. The summed E-state index contributed by atoms with van der Waals surface area (Å²) in [6.07, 6.45) is 0.139. The van der Waals surface area contributed by atoms with Crippen LogP contribution in [0.1, 0.15) is 15.4 Å². The van der Waals surface area contributed by atoms with Gasteiger partial charge in [-0.05, 0) is 30.5 Å². The summed E-state index contributed by atoms with van der Waals surface area (Å²) < 4.78 is 7.97. The van der Waals surface area contributed by atoms with Crippen LogP contribution in [0, 0.1) is 6.92 Å². The topological polar surface area (TPSA) is 52.0 Å². The lowest BCUT2D eigenvalue weighted by Crippen LogP contribution is -2.36. The van der Waals surface area contributed by atoms with E-state index in [1.165, 1.54) is 9.75 Å². The molecule has 0 bridgehead atoms. The molecule has 0 spiro atoms. The predicted molar refractivity (Wildman–Crippen MR) is 92.7 cm³/mol. The van der Waals surface area contributed by atoms with E-state index in [9.17, 15) is 0 Å². The van der Waals surface area contributed by atoms with Crippen LogP contribution in [-0.4, -0.2) is 27.6 Å². The molecule has 0 radical (unpaired) electrons. The van der Waals surface area contributed by atoms with Gasteiger partial charge >= 0.3 is 0 Å². The molecule has 3 aromatic rings. The fourth-order valence-corrected chi connectivity index (χ4v) is 4.25. The quantitative estimate of drug-likeness (QED) is 0.771. The number of ether oxygens (including phenoxy) is 1. The number of hydrogen-bond acceptors (Lipinski definition) is 6. The summed E-state index contributed by atoms with van der Waals surface area (Å²) in [5.41, 5.74) is 3.16. The first kappa shape index (κ1) is 15.0. The second-order valence-corrected chi connectivity index (χ2v) is 7.81. The maximum atomic E-state index is 5.99. The van der Waals surface area contributed by atoms with Gasteiger partial charge in [-0.25, -0.2) is 4.68 Å². The Balaban J connectivity index is 1.36. The Hall–Kier alpha value is -1.54. The van der Waals surface area contributed by atoms with Gasteiger partial charge in [0.1, 0.15) is 5.69 Å². The smallest absolute Gasteiger partial charge is 0.119 e. The summed E-state index contributed by atoms with van der Waals surface area (Å²) >= 11 is 3.51. The van der Waals surface area contributed by atoms with Crippen LogP contribution in [0.2, 0.25) is 0 Å². The van der Waals surface area contributed by atoms with E-state index in [1.54, 1.807) is 11.3 Å². The molecule has 120 valence electrons. The SMILES string of the molecule is Cc1ccc(CNC[C@@H]2Cn3nnc(-c4ccsc4)c3CO2)s1. The Morgan fingerprint density at radius 1 is 1.39 bits per heavy atom. The number of hydrogen-bond donors (Lipinski definition) is 1. The highest BCUT2D eigenvalue weighted by molar-refractivity contribution is 7.11. The highest BCUT2D eigenvalue weighted by Crippen LogP contribution is 2.26. The molecular formula is C16H18N4OS2. The van der Waals surface area contributed by atoms with Gasteiger partial charge in [0.2, 0.25) is 0 Å². The minimum absolute atomic E-state index is 0.139. The minimum Gasteiger partial charge on any atom is -0.369 e. The van der Waals surface area contributed by atoms with E-state index >= 15 is 0 Å². The van der Waals surface area contributed by atoms with Crippen molar-refractivity contribution in [2.24, 2.45) is 0 Å². The van der Waals surface area contributed by atoms with Gasteiger partial charge in [0.25, 0.3) is 0 Å². The van der Waals surface area contributed by atoms with Crippen LogP contribution in [0.5, 0.6) is 0 Å². The van der Waals surface area contributed by atoms with E-state index < -0.39 is 0 Å². The average molecular weight is 346 g/mol. The molecule has 5 nitrogen and oxygen atoms in total. The molecule has 0 saturated carbocycles. The first-order valence-electron chi connectivity index (χ1n) is 7.62. The van der Waals surface area contributed by atoms with Crippen molar-refractivity contribution in [2.75, 3.05) is 6.54 Å². The Morgan fingerprint density at radius 2 is 2.35 bits per heavy atom. The number of fused-ring (bicyclic) bond motifs is 1. The van der Waals surface area contributed by atoms with Gasteiger partial charge in [-0.1, -0.05) is 5.21 Å². The highest BCUT2D eigenvalue weighted by Gasteiger charge is 2.24. The summed E-state index contributed by atoms with van der Waals surface area (Å²) in [4.78, 5) is 2.71. The zero-order valence-electron chi connectivity index (χ0n) is 12.9. The monoisotopic (exact) mass is 346 g/mol. The fourth-order valence-electron chi connectivity index (χ4n) is 2.75. The lowest BCUT2D eigenvalue weighted by molar-refractivity contribution is 0.00128. The van der Waals surface area contributed by atoms with E-state index in [0.29, 0.717) is 6.61 Å². The van der Waals surface area contributed by atoms with E-state index in [0.717, 1.165) is 36.6 Å². The van der Waals surface area contributed by atoms with Gasteiger partial charge in [-0.3, -0.25) is 0 Å². The van der Waals surface area contributed by atoms with Crippen LogP contribution in [-0.2, 0) is 24.4 Å². The lowest BCUT2D eigenvalue weighted by atomic mass is 10.2. The van der Waals surface area contributed by atoms with E-state index in [-0.39, 0.29) is 6.10 Å². The first-order chi connectivity index (χ1) is 11.3. The van der Waals surface area contributed by atoms with Gasteiger partial charge < -0.3 is 10.1 Å². The maximum absolute atomic E-state index is 5.99. The largest absolute Gasteiger partial charge is 0.369 e. The summed E-state index contributed by atoms with van der Waals surface area (Å²) in [5.74, 6) is 0. The lowest BCUT2D eigenvalue weighted by Gasteiger charge is -2.24. The number of nitrogens with zero attached hydrogens (tertiary/aromatic N) is 3. The Bertz CT molecular complexity index is 778. The number of aryl methyl sites for hydroxylation is 1. The van der Waals surface area contributed by atoms with Crippen molar-refractivity contribution >= 4 is 22.7 Å². The molecule has 1 aliphatic heterocycles. The van der Waals surface area contributed by atoms with Gasteiger partial charge in [-0.2, -0.15) is 11.3 Å². The van der Waals surface area contributed by atoms with Crippen LogP contribution < -0.4 is 5.32 Å². The first-order valence-corrected chi connectivity index (χ1v) is 9.38. The van der Waals surface area contributed by atoms with Crippen LogP contribution in [0.25, 0.3) is 11.3 Å². The zero-order valence-corrected chi connectivity index (χ0v) is 14.5. The molecule has 0 unspecified atom stereocenters. The molecule has 0 amide bonds. The van der Waals surface area contributed by atoms with E-state index in [2.05, 4.69) is 51.5 Å². The van der Waals surface area contributed by atoms with Crippen molar-refractivity contribution in [3.63, 3.8) is 0 Å². The third-order valence-electron chi connectivity index (χ3n) is 3.93. The van der Waals surface area contributed by atoms with Crippen molar-refractivity contribution in [1.82, 2.24) is 20.3 Å². The van der Waals surface area contributed by atoms with Crippen molar-refractivity contribution in [1.29, 1.82) is 0 Å². The summed E-state index contributed by atoms with van der Waals surface area (Å²) in [5, 5.41) is 16.3. The third kappa shape index (κ3) is 3.23. The zero-order chi connectivity index (χ0) is 15.6. The van der Waals surface area contributed by atoms with Gasteiger partial charge in [0.05, 0.1) is 24.9 Å². The number of aromatic nitrogens is 3. The van der Waals surface area contributed by atoms with Crippen LogP contribution in [0.4, 0.5) is 0 Å². The van der Waals surface area contributed by atoms with Crippen molar-refractivity contribution < 1.29 is 4.74 Å². The molecule has 1 N–H and O–H groups in total. The molecule has 3 aromatic heterocycles. The van der Waals surface area contributed by atoms with E-state index in [1.807, 2.05) is 16.0 Å². The molecule has 1 atom stereocenters. The molecule has 1 aliphatic rings. The predicted octanol–water partition coefficient (Wildman–Crippen LogP) is 3.07. The number of nitrogens with one attached hydrogen (secondary N) is 1. The standard InChI is InChI=1S/C16H18N4OS2/c1-11-2-3-14(23-11)7-17-6-13-8-20-15(9-21-13)16(18-19-20)12-4-5-22-10-12/h2-5,10,13,17H,6-9H2,1H3/t13-/m1/s1. The minimum atomic E-state index is 0.139. The van der Waals surface area contributed by atoms with Gasteiger partial charge in [-0.15, -0.1) is 16.4 Å². The third-order valence-corrected chi connectivity index (χ3v) is 5.62. The average Bonchev–Trinajstić information content (AvgIpc) is 3.27. The van der Waals surface area contributed by atoms with Crippen LogP contribution in [0.3, 0.4) is 0 Å². The molecule has 0 aromatic carbocycles. The number of rotatable bonds is 5. The summed E-state index contributed by atoms with van der Waals surface area (Å²) in [7, 11) is 0. The van der Waals surface area contributed by atoms with E-state index in [4.69, 9.17) is 4.74 Å². The van der Waals surface area contributed by atoms with Crippen molar-refractivity contribution in [3.8, 4) is 11.3 Å². The molecule has 4 heterocycles. The normalized spacial score (nSPS) is 17.3. The van der Waals surface area contributed by atoms with Gasteiger partial charge in [0, 0.05) is 33.8 Å². The molecule has 0 aliphatic carbocycles. The summed E-state index contributed by atoms with van der Waals surface area (Å²) in [6.45, 7) is 5.17. The molecule has 4 rings (SSSR count). The fraction of sp³-hybridized carbons (Fsp3) is 0.375. The summed E-state index contributed by atoms with van der Waals surface area (Å²) in [6, 6.07) is 6.41. The highest BCUT2D eigenvalue weighted by atomic mass is 32.1. The molecule has 7 heteroatoms. The Morgan fingerprint density at radius 3 is 3.13 bits per heavy atom. The maximum Gasteiger partial charge on any atom is 0.119 e. The molecule has 23 heavy (non-hydrogen) atoms. The molecule has 0 fully saturated rings. The molecule has 0 saturated heterocycles. The molecular weight excluding hydrogens is 328 g/mol. The van der Waals surface area contributed by atoms with Gasteiger partial charge in [0.15, 0.2) is 0 Å². The number of thiophene rings is 2.